The summed E-state index contributed by atoms with van der Waals surface area (Å²) in [6, 6.07) is -1.07. The molecule has 0 bridgehead atoms. The van der Waals surface area contributed by atoms with Crippen molar-refractivity contribution in [3.8, 4) is 0 Å². The molecule has 0 unspecified atom stereocenters. The lowest BCUT2D eigenvalue weighted by atomic mass is 10.4. The number of primary amides is 2. The van der Waals surface area contributed by atoms with Gasteiger partial charge in [0.05, 0.1) is 0 Å². The third kappa shape index (κ3) is 5.77. The first-order chi connectivity index (χ1) is 6.07. The van der Waals surface area contributed by atoms with E-state index in [1.54, 1.807) is 0 Å². The van der Waals surface area contributed by atoms with E-state index in [0.29, 0.717) is 19.6 Å². The minimum absolute atomic E-state index is 0.332. The highest BCUT2D eigenvalue weighted by Crippen LogP contribution is 1.89. The van der Waals surface area contributed by atoms with Crippen molar-refractivity contribution in [2.24, 2.45) is 11.5 Å². The van der Waals surface area contributed by atoms with E-state index < -0.39 is 12.1 Å². The second-order valence-electron chi connectivity index (χ2n) is 2.62. The molecule has 0 aliphatic heterocycles. The van der Waals surface area contributed by atoms with Crippen LogP contribution in [0.1, 0.15) is 13.3 Å². The zero-order valence-electron chi connectivity index (χ0n) is 7.75. The number of nitrogens with zero attached hydrogens (tertiary/aromatic N) is 1. The molecule has 0 aromatic rings. The maximum absolute atomic E-state index is 10.8. The maximum atomic E-state index is 10.8. The van der Waals surface area contributed by atoms with Crippen LogP contribution in [0.15, 0.2) is 0 Å². The van der Waals surface area contributed by atoms with Crippen LogP contribution in [-0.4, -0.2) is 36.6 Å². The highest BCUT2D eigenvalue weighted by atomic mass is 16.2. The molecule has 0 radical (unpaired) electrons. The van der Waals surface area contributed by atoms with Gasteiger partial charge in [-0.1, -0.05) is 6.92 Å². The lowest BCUT2D eigenvalue weighted by Gasteiger charge is -2.19. The van der Waals surface area contributed by atoms with Gasteiger partial charge in [0.25, 0.3) is 0 Å². The fourth-order valence-corrected chi connectivity index (χ4v) is 0.916. The van der Waals surface area contributed by atoms with Gasteiger partial charge >= 0.3 is 12.1 Å². The molecule has 0 aromatic heterocycles. The van der Waals surface area contributed by atoms with Gasteiger partial charge in [-0.2, -0.15) is 0 Å². The summed E-state index contributed by atoms with van der Waals surface area (Å²) in [4.78, 5) is 22.5. The van der Waals surface area contributed by atoms with Gasteiger partial charge in [-0.25, -0.2) is 9.59 Å². The Morgan fingerprint density at radius 1 is 1.31 bits per heavy atom. The normalized spacial score (nSPS) is 9.31. The summed E-state index contributed by atoms with van der Waals surface area (Å²) in [5.41, 5.74) is 9.93. The quantitative estimate of drug-likeness (QED) is 0.538. The Morgan fingerprint density at radius 3 is 2.31 bits per heavy atom. The Labute approximate surface area is 77.2 Å². The fourth-order valence-electron chi connectivity index (χ4n) is 0.916. The number of urea groups is 2. The van der Waals surface area contributed by atoms with E-state index in [1.165, 1.54) is 4.90 Å². The highest BCUT2D eigenvalue weighted by Gasteiger charge is 2.07. The Morgan fingerprint density at radius 2 is 1.92 bits per heavy atom. The van der Waals surface area contributed by atoms with Crippen LogP contribution in [0.3, 0.4) is 0 Å². The van der Waals surface area contributed by atoms with E-state index in [4.69, 9.17) is 11.5 Å². The topological polar surface area (TPSA) is 101 Å². The summed E-state index contributed by atoms with van der Waals surface area (Å²) < 4.78 is 0. The monoisotopic (exact) mass is 188 g/mol. The van der Waals surface area contributed by atoms with Gasteiger partial charge in [-0.15, -0.1) is 0 Å². The van der Waals surface area contributed by atoms with Crippen LogP contribution in [-0.2, 0) is 0 Å². The van der Waals surface area contributed by atoms with Gasteiger partial charge in [-0.05, 0) is 6.42 Å². The molecular formula is C7H16N4O2. The van der Waals surface area contributed by atoms with Gasteiger partial charge in [0, 0.05) is 19.6 Å². The Kier molecular flexibility index (Phi) is 5.42. The molecule has 0 aromatic carbocycles. The molecular weight excluding hydrogens is 172 g/mol. The number of nitrogens with two attached hydrogens (primary N) is 2. The van der Waals surface area contributed by atoms with E-state index in [1.807, 2.05) is 6.92 Å². The third-order valence-corrected chi connectivity index (χ3v) is 1.49. The highest BCUT2D eigenvalue weighted by molar-refractivity contribution is 5.73. The summed E-state index contributed by atoms with van der Waals surface area (Å²) >= 11 is 0. The summed E-state index contributed by atoms with van der Waals surface area (Å²) in [6.45, 7) is 3.26. The average molecular weight is 188 g/mol. The largest absolute Gasteiger partial charge is 0.352 e. The van der Waals surface area contributed by atoms with E-state index in [0.717, 1.165) is 6.42 Å². The summed E-state index contributed by atoms with van der Waals surface area (Å²) in [5, 5.41) is 2.38. The van der Waals surface area contributed by atoms with Crippen LogP contribution in [0.2, 0.25) is 0 Å². The number of amides is 4. The van der Waals surface area contributed by atoms with Crippen LogP contribution < -0.4 is 16.8 Å². The van der Waals surface area contributed by atoms with E-state index in [9.17, 15) is 9.59 Å². The lowest BCUT2D eigenvalue weighted by Crippen LogP contribution is -2.42. The smallest absolute Gasteiger partial charge is 0.314 e. The molecule has 6 nitrogen and oxygen atoms in total. The molecule has 0 aliphatic rings. The lowest BCUT2D eigenvalue weighted by molar-refractivity contribution is 0.206. The number of hydrogen-bond donors (Lipinski definition) is 3. The van der Waals surface area contributed by atoms with Gasteiger partial charge in [0.2, 0.25) is 0 Å². The van der Waals surface area contributed by atoms with E-state index in [-0.39, 0.29) is 0 Å². The first-order valence-corrected chi connectivity index (χ1v) is 4.15. The number of carbonyl (C=O) groups excluding carboxylic acids is 2. The number of nitrogens with one attached hydrogen (secondary N) is 1. The third-order valence-electron chi connectivity index (χ3n) is 1.49. The Bertz CT molecular complexity index is 183. The molecule has 0 saturated carbocycles. The zero-order valence-corrected chi connectivity index (χ0v) is 7.75. The van der Waals surface area contributed by atoms with Gasteiger partial charge < -0.3 is 21.7 Å². The molecule has 0 atom stereocenters. The summed E-state index contributed by atoms with van der Waals surface area (Å²) in [7, 11) is 0. The zero-order chi connectivity index (χ0) is 10.3. The predicted molar refractivity (Wildman–Crippen MR) is 49.0 cm³/mol. The second-order valence-corrected chi connectivity index (χ2v) is 2.62. The van der Waals surface area contributed by atoms with Crippen molar-refractivity contribution in [3.05, 3.63) is 0 Å². The van der Waals surface area contributed by atoms with Crippen molar-refractivity contribution in [1.29, 1.82) is 0 Å². The Balaban J connectivity index is 3.69. The van der Waals surface area contributed by atoms with Crippen molar-refractivity contribution in [2.45, 2.75) is 13.3 Å². The number of hydrogen-bond acceptors (Lipinski definition) is 2. The molecule has 76 valence electrons. The first kappa shape index (κ1) is 11.5. The molecule has 0 saturated heterocycles. The summed E-state index contributed by atoms with van der Waals surface area (Å²) in [6.07, 6.45) is 0.833. The van der Waals surface area contributed by atoms with Crippen LogP contribution in [0.4, 0.5) is 9.59 Å². The van der Waals surface area contributed by atoms with E-state index in [2.05, 4.69) is 5.32 Å². The van der Waals surface area contributed by atoms with Gasteiger partial charge in [0.1, 0.15) is 0 Å². The molecule has 4 amide bonds. The molecule has 6 heteroatoms. The maximum Gasteiger partial charge on any atom is 0.314 e. The van der Waals surface area contributed by atoms with Crippen LogP contribution in [0.5, 0.6) is 0 Å². The minimum Gasteiger partial charge on any atom is -0.352 e. The average Bonchev–Trinajstić information content (AvgIpc) is 2.02. The van der Waals surface area contributed by atoms with Crippen molar-refractivity contribution < 1.29 is 9.59 Å². The molecule has 0 fully saturated rings. The molecule has 13 heavy (non-hydrogen) atoms. The molecule has 5 N–H and O–H groups in total. The fraction of sp³-hybridized carbons (Fsp3) is 0.714. The van der Waals surface area contributed by atoms with Gasteiger partial charge in [-0.3, -0.25) is 0 Å². The molecule has 0 rings (SSSR count). The van der Waals surface area contributed by atoms with Crippen molar-refractivity contribution in [3.63, 3.8) is 0 Å². The minimum atomic E-state index is -0.596. The van der Waals surface area contributed by atoms with Crippen molar-refractivity contribution in [1.82, 2.24) is 10.2 Å². The number of carbonyl (C=O) groups is 2. The van der Waals surface area contributed by atoms with Crippen LogP contribution >= 0.6 is 0 Å². The van der Waals surface area contributed by atoms with Crippen molar-refractivity contribution >= 4 is 12.1 Å². The van der Waals surface area contributed by atoms with Crippen LogP contribution in [0.25, 0.3) is 0 Å². The molecule has 0 aliphatic carbocycles. The van der Waals surface area contributed by atoms with Gasteiger partial charge in [0.15, 0.2) is 0 Å². The SMILES string of the molecule is CCCN(CCNC(N)=O)C(N)=O. The predicted octanol–water partition coefficient (Wildman–Crippen LogP) is -0.555. The van der Waals surface area contributed by atoms with Crippen LogP contribution in [0, 0.1) is 0 Å². The van der Waals surface area contributed by atoms with E-state index >= 15 is 0 Å². The van der Waals surface area contributed by atoms with Crippen molar-refractivity contribution in [2.75, 3.05) is 19.6 Å². The summed E-state index contributed by atoms with van der Waals surface area (Å²) in [5.74, 6) is 0. The Hall–Kier alpha value is -1.46. The molecule has 0 spiro atoms. The number of rotatable bonds is 5. The second kappa shape index (κ2) is 6.10. The standard InChI is InChI=1S/C7H16N4O2/c1-2-4-11(7(9)13)5-3-10-6(8)12/h2-5H2,1H3,(H2,9,13)(H3,8,10,12). The molecule has 0 heterocycles. The first-order valence-electron chi connectivity index (χ1n) is 4.15.